The van der Waals surface area contributed by atoms with Crippen molar-refractivity contribution >= 4 is 5.78 Å². The second-order valence-corrected chi connectivity index (χ2v) is 6.16. The summed E-state index contributed by atoms with van der Waals surface area (Å²) < 4.78 is 11.0. The summed E-state index contributed by atoms with van der Waals surface area (Å²) in [6.07, 6.45) is 3.28. The molecule has 1 aliphatic carbocycles. The molecule has 0 amide bonds. The van der Waals surface area contributed by atoms with E-state index in [-0.39, 0.29) is 17.1 Å². The summed E-state index contributed by atoms with van der Waals surface area (Å²) in [5.74, 6) is 1.83. The molecule has 3 rings (SSSR count). The fourth-order valence-corrected chi connectivity index (χ4v) is 3.21. The van der Waals surface area contributed by atoms with Crippen LogP contribution in [0.15, 0.2) is 18.2 Å². The van der Waals surface area contributed by atoms with Gasteiger partial charge in [-0.1, -0.05) is 20.3 Å². The van der Waals surface area contributed by atoms with E-state index in [1.807, 2.05) is 18.2 Å². The summed E-state index contributed by atoms with van der Waals surface area (Å²) in [5.41, 5.74) is 0.869. The maximum absolute atomic E-state index is 12.7. The minimum Gasteiger partial charge on any atom is -0.486 e. The highest BCUT2D eigenvalue weighted by molar-refractivity contribution is 5.99. The summed E-state index contributed by atoms with van der Waals surface area (Å²) in [5, 5.41) is 0. The van der Waals surface area contributed by atoms with E-state index in [0.717, 1.165) is 30.6 Å². The van der Waals surface area contributed by atoms with E-state index in [0.29, 0.717) is 19.0 Å². The van der Waals surface area contributed by atoms with E-state index in [9.17, 15) is 4.79 Å². The summed E-state index contributed by atoms with van der Waals surface area (Å²) in [6.45, 7) is 5.52. The molecule has 1 aromatic carbocycles. The van der Waals surface area contributed by atoms with Crippen molar-refractivity contribution in [2.24, 2.45) is 11.3 Å². The predicted molar refractivity (Wildman–Crippen MR) is 72.9 cm³/mol. The largest absolute Gasteiger partial charge is 0.486 e. The van der Waals surface area contributed by atoms with Gasteiger partial charge in [-0.05, 0) is 36.5 Å². The molecule has 1 aromatic rings. The molecular weight excluding hydrogens is 240 g/mol. The van der Waals surface area contributed by atoms with Crippen LogP contribution in [0.3, 0.4) is 0 Å². The first kappa shape index (κ1) is 12.5. The number of carbonyl (C=O) groups excluding carboxylic acids is 1. The average molecular weight is 260 g/mol. The monoisotopic (exact) mass is 260 g/mol. The molecule has 1 unspecified atom stereocenters. The van der Waals surface area contributed by atoms with Crippen molar-refractivity contribution in [2.75, 3.05) is 13.2 Å². The molecule has 3 heteroatoms. The minimum atomic E-state index is 0.115. The molecule has 0 aromatic heterocycles. The molecule has 1 aliphatic heterocycles. The van der Waals surface area contributed by atoms with E-state index >= 15 is 0 Å². The molecule has 1 atom stereocenters. The van der Waals surface area contributed by atoms with Gasteiger partial charge in [-0.2, -0.15) is 0 Å². The van der Waals surface area contributed by atoms with Crippen molar-refractivity contribution in [2.45, 2.75) is 33.1 Å². The Morgan fingerprint density at radius 3 is 2.63 bits per heavy atom. The van der Waals surface area contributed by atoms with Gasteiger partial charge in [0.1, 0.15) is 13.2 Å². The zero-order valence-electron chi connectivity index (χ0n) is 11.6. The van der Waals surface area contributed by atoms with Gasteiger partial charge in [0.2, 0.25) is 0 Å². The Bertz CT molecular complexity index is 505. The molecule has 1 fully saturated rings. The van der Waals surface area contributed by atoms with E-state index in [1.165, 1.54) is 0 Å². The molecule has 3 nitrogen and oxygen atoms in total. The van der Waals surface area contributed by atoms with Crippen molar-refractivity contribution in [3.63, 3.8) is 0 Å². The normalized spacial score (nSPS) is 24.2. The Labute approximate surface area is 113 Å². The van der Waals surface area contributed by atoms with Gasteiger partial charge in [0.05, 0.1) is 0 Å². The van der Waals surface area contributed by atoms with Gasteiger partial charge in [-0.3, -0.25) is 4.79 Å². The highest BCUT2D eigenvalue weighted by atomic mass is 16.6. The van der Waals surface area contributed by atoms with Crippen LogP contribution in [0.25, 0.3) is 0 Å². The van der Waals surface area contributed by atoms with Gasteiger partial charge in [0.25, 0.3) is 0 Å². The molecule has 0 bridgehead atoms. The molecule has 19 heavy (non-hydrogen) atoms. The zero-order chi connectivity index (χ0) is 13.5. The number of benzene rings is 1. The molecule has 0 saturated heterocycles. The van der Waals surface area contributed by atoms with E-state index < -0.39 is 0 Å². The summed E-state index contributed by atoms with van der Waals surface area (Å²) in [4.78, 5) is 12.7. The quantitative estimate of drug-likeness (QED) is 0.764. The molecule has 102 valence electrons. The Kier molecular flexibility index (Phi) is 3.00. The number of hydrogen-bond acceptors (Lipinski definition) is 3. The van der Waals surface area contributed by atoms with Gasteiger partial charge >= 0.3 is 0 Å². The van der Waals surface area contributed by atoms with Crippen LogP contribution in [0.2, 0.25) is 0 Å². The van der Waals surface area contributed by atoms with Gasteiger partial charge in [0.15, 0.2) is 17.3 Å². The molecular formula is C16H20O3. The lowest BCUT2D eigenvalue weighted by Crippen LogP contribution is -2.26. The van der Waals surface area contributed by atoms with Crippen LogP contribution in [-0.2, 0) is 0 Å². The topological polar surface area (TPSA) is 35.5 Å². The third-order valence-electron chi connectivity index (χ3n) is 4.40. The maximum atomic E-state index is 12.7. The molecule has 0 N–H and O–H groups in total. The predicted octanol–water partition coefficient (Wildman–Crippen LogP) is 3.47. The Morgan fingerprint density at radius 1 is 1.21 bits per heavy atom. The van der Waals surface area contributed by atoms with Crippen LogP contribution >= 0.6 is 0 Å². The molecule has 2 aliphatic rings. The standard InChI is InChI=1S/C16H20O3/c1-16(2)7-3-4-12(16)15(17)11-5-6-13-14(10-11)19-9-8-18-13/h5-6,10,12H,3-4,7-9H2,1-2H3. The van der Waals surface area contributed by atoms with Crippen LogP contribution < -0.4 is 9.47 Å². The van der Waals surface area contributed by atoms with Crippen LogP contribution in [0.4, 0.5) is 0 Å². The number of ketones is 1. The van der Waals surface area contributed by atoms with Crippen molar-refractivity contribution in [1.29, 1.82) is 0 Å². The van der Waals surface area contributed by atoms with Crippen molar-refractivity contribution in [3.05, 3.63) is 23.8 Å². The lowest BCUT2D eigenvalue weighted by molar-refractivity contribution is 0.0838. The Balaban J connectivity index is 1.88. The number of Topliss-reactive ketones (excluding diaryl/α,β-unsaturated/α-hetero) is 1. The smallest absolute Gasteiger partial charge is 0.166 e. The summed E-state index contributed by atoms with van der Waals surface area (Å²) >= 11 is 0. The SMILES string of the molecule is CC1(C)CCCC1C(=O)c1ccc2c(c1)OCCO2. The number of rotatable bonds is 2. The first-order valence-electron chi connectivity index (χ1n) is 7.02. The van der Waals surface area contributed by atoms with Gasteiger partial charge in [0, 0.05) is 11.5 Å². The van der Waals surface area contributed by atoms with Gasteiger partial charge in [-0.25, -0.2) is 0 Å². The molecule has 0 spiro atoms. The van der Waals surface area contributed by atoms with Crippen LogP contribution in [0.1, 0.15) is 43.5 Å². The molecule has 0 radical (unpaired) electrons. The number of hydrogen-bond donors (Lipinski definition) is 0. The van der Waals surface area contributed by atoms with Crippen molar-refractivity contribution in [1.82, 2.24) is 0 Å². The Hall–Kier alpha value is -1.51. The van der Waals surface area contributed by atoms with E-state index in [4.69, 9.17) is 9.47 Å². The number of fused-ring (bicyclic) bond motifs is 1. The van der Waals surface area contributed by atoms with E-state index in [2.05, 4.69) is 13.8 Å². The zero-order valence-corrected chi connectivity index (χ0v) is 11.6. The first-order chi connectivity index (χ1) is 9.08. The van der Waals surface area contributed by atoms with Gasteiger partial charge < -0.3 is 9.47 Å². The van der Waals surface area contributed by atoms with Crippen LogP contribution in [-0.4, -0.2) is 19.0 Å². The second kappa shape index (κ2) is 4.55. The van der Waals surface area contributed by atoms with Crippen molar-refractivity contribution in [3.8, 4) is 11.5 Å². The van der Waals surface area contributed by atoms with Crippen LogP contribution in [0.5, 0.6) is 11.5 Å². The average Bonchev–Trinajstić information content (AvgIpc) is 2.77. The Morgan fingerprint density at radius 2 is 1.95 bits per heavy atom. The molecule has 1 saturated carbocycles. The highest BCUT2D eigenvalue weighted by Gasteiger charge is 2.39. The highest BCUT2D eigenvalue weighted by Crippen LogP contribution is 2.44. The number of carbonyl (C=O) groups is 1. The summed E-state index contributed by atoms with van der Waals surface area (Å²) in [6, 6.07) is 5.55. The fraction of sp³-hybridized carbons (Fsp3) is 0.562. The minimum absolute atomic E-state index is 0.115. The summed E-state index contributed by atoms with van der Waals surface area (Å²) in [7, 11) is 0. The van der Waals surface area contributed by atoms with E-state index in [1.54, 1.807) is 0 Å². The lowest BCUT2D eigenvalue weighted by Gasteiger charge is -2.26. The fourth-order valence-electron chi connectivity index (χ4n) is 3.21. The number of ether oxygens (including phenoxy) is 2. The molecule has 1 heterocycles. The first-order valence-corrected chi connectivity index (χ1v) is 7.02. The van der Waals surface area contributed by atoms with Crippen LogP contribution in [0, 0.1) is 11.3 Å². The second-order valence-electron chi connectivity index (χ2n) is 6.16. The van der Waals surface area contributed by atoms with Gasteiger partial charge in [-0.15, -0.1) is 0 Å². The third kappa shape index (κ3) is 2.22. The lowest BCUT2D eigenvalue weighted by atomic mass is 9.78. The van der Waals surface area contributed by atoms with Crippen molar-refractivity contribution < 1.29 is 14.3 Å². The third-order valence-corrected chi connectivity index (χ3v) is 4.40. The maximum Gasteiger partial charge on any atom is 0.166 e.